The number of rotatable bonds is 6. The van der Waals surface area contributed by atoms with Crippen molar-refractivity contribution < 1.29 is 73.7 Å². The molecule has 1 aromatic heterocycles. The zero-order valence-corrected chi connectivity index (χ0v) is 24.0. The van der Waals surface area contributed by atoms with Crippen molar-refractivity contribution >= 4 is 16.9 Å². The number of carbonyl (C=O) groups excluding carboxylic acids is 1. The third kappa shape index (κ3) is 6.08. The number of aromatic hydroxyl groups is 3. The second kappa shape index (κ2) is 12.3. The van der Waals surface area contributed by atoms with Crippen LogP contribution >= 0.6 is 0 Å². The van der Waals surface area contributed by atoms with Crippen LogP contribution in [0.4, 0.5) is 0 Å². The van der Waals surface area contributed by atoms with E-state index in [0.29, 0.717) is 0 Å². The summed E-state index contributed by atoms with van der Waals surface area (Å²) in [5.41, 5.74) is -1.31. The zero-order valence-electron chi connectivity index (χ0n) is 24.0. The molecule has 2 aliphatic rings. The maximum Gasteiger partial charge on any atom is 0.303 e. The molecule has 45 heavy (non-hydrogen) atoms. The third-order valence-corrected chi connectivity index (χ3v) is 7.52. The van der Waals surface area contributed by atoms with Crippen LogP contribution < -0.4 is 14.9 Å². The maximum atomic E-state index is 13.8. The number of aliphatic hydroxyl groups is 5. The molecule has 2 aromatic carbocycles. The zero-order chi connectivity index (χ0) is 32.9. The van der Waals surface area contributed by atoms with Gasteiger partial charge in [0.2, 0.25) is 23.8 Å². The molecule has 2 saturated heterocycles. The van der Waals surface area contributed by atoms with Crippen molar-refractivity contribution in [1.82, 2.24) is 0 Å². The quantitative estimate of drug-likeness (QED) is 0.126. The highest BCUT2D eigenvalue weighted by atomic mass is 16.7. The van der Waals surface area contributed by atoms with Crippen LogP contribution in [0, 0.1) is 0 Å². The lowest BCUT2D eigenvalue weighted by Crippen LogP contribution is -2.59. The summed E-state index contributed by atoms with van der Waals surface area (Å²) in [5.74, 6) is -3.71. The fraction of sp³-hybridized carbons (Fsp3) is 0.448. The Labute approximate surface area is 253 Å². The van der Waals surface area contributed by atoms with Gasteiger partial charge in [0.25, 0.3) is 0 Å². The maximum absolute atomic E-state index is 13.8. The molecule has 0 amide bonds. The Balaban J connectivity index is 1.58. The third-order valence-electron chi connectivity index (χ3n) is 7.52. The smallest absolute Gasteiger partial charge is 0.303 e. The SMILES string of the molecule is CC(=O)O[C@@H]1[C@@H](O)[C@H](O)[C@@H](Oc2c(-c3ccc(O)c(O)c3)oc3cc(O[C@@H]4O[C@H](C)[C@H](O)[C@H](O)[C@H]4O)cc(O)c3c2=O)O[C@H]1C. The van der Waals surface area contributed by atoms with Crippen LogP contribution in [0.15, 0.2) is 39.5 Å². The van der Waals surface area contributed by atoms with Crippen LogP contribution in [-0.4, -0.2) is 108 Å². The average Bonchev–Trinajstić information content (AvgIpc) is 2.97. The summed E-state index contributed by atoms with van der Waals surface area (Å²) in [6, 6.07) is 5.55. The summed E-state index contributed by atoms with van der Waals surface area (Å²) >= 11 is 0. The molecule has 0 saturated carbocycles. The number of fused-ring (bicyclic) bond motifs is 1. The molecule has 10 atom stereocenters. The first-order chi connectivity index (χ1) is 21.2. The Morgan fingerprint density at radius 1 is 0.756 bits per heavy atom. The molecule has 0 bridgehead atoms. The second-order valence-electron chi connectivity index (χ2n) is 10.8. The first-order valence-corrected chi connectivity index (χ1v) is 13.8. The standard InChI is InChI=1S/C29H32O16/c1-9-19(34)21(36)23(38)28(40-9)43-13-7-16(33)18-17(8-13)44-26(12-4-5-14(31)15(32)6-12)27(20(18)35)45-29-24(39)22(37)25(10(2)41-29)42-11(3)30/h4-10,19,21-25,28-29,31-34,36-39H,1-3H3/t9-,10+,19+,21+,22+,23-,24+,25+,28+,29-/m1/s1. The van der Waals surface area contributed by atoms with Gasteiger partial charge in [0.1, 0.15) is 53.0 Å². The Kier molecular flexibility index (Phi) is 8.83. The van der Waals surface area contributed by atoms with E-state index in [0.717, 1.165) is 31.2 Å². The summed E-state index contributed by atoms with van der Waals surface area (Å²) in [6.45, 7) is 3.98. The first-order valence-electron chi connectivity index (χ1n) is 13.8. The number of carbonyl (C=O) groups is 1. The average molecular weight is 637 g/mol. The number of esters is 1. The molecule has 16 heteroatoms. The van der Waals surface area contributed by atoms with Crippen molar-refractivity contribution in [1.29, 1.82) is 0 Å². The minimum atomic E-state index is -1.84. The normalized spacial score (nSPS) is 31.8. The van der Waals surface area contributed by atoms with Gasteiger partial charge in [-0.05, 0) is 32.0 Å². The van der Waals surface area contributed by atoms with Crippen LogP contribution in [0.5, 0.6) is 28.7 Å². The molecular weight excluding hydrogens is 604 g/mol. The number of ether oxygens (including phenoxy) is 5. The summed E-state index contributed by atoms with van der Waals surface area (Å²) < 4.78 is 33.4. The fourth-order valence-corrected chi connectivity index (χ4v) is 5.11. The van der Waals surface area contributed by atoms with E-state index in [-0.39, 0.29) is 22.7 Å². The predicted molar refractivity (Wildman–Crippen MR) is 148 cm³/mol. The molecule has 3 heterocycles. The van der Waals surface area contributed by atoms with Gasteiger partial charge in [-0.2, -0.15) is 0 Å². The Bertz CT molecular complexity index is 1640. The number of hydrogen-bond donors (Lipinski definition) is 8. The number of aliphatic hydroxyl groups excluding tert-OH is 5. The van der Waals surface area contributed by atoms with Gasteiger partial charge in [-0.15, -0.1) is 0 Å². The van der Waals surface area contributed by atoms with Crippen molar-refractivity contribution in [3.05, 3.63) is 40.6 Å². The van der Waals surface area contributed by atoms with Crippen molar-refractivity contribution in [2.24, 2.45) is 0 Å². The van der Waals surface area contributed by atoms with Crippen LogP contribution in [0.3, 0.4) is 0 Å². The Hall–Kier alpha value is -4.16. The lowest BCUT2D eigenvalue weighted by molar-refractivity contribution is -0.272. The molecule has 5 rings (SSSR count). The minimum Gasteiger partial charge on any atom is -0.507 e. The van der Waals surface area contributed by atoms with Gasteiger partial charge < -0.3 is 69.0 Å². The minimum absolute atomic E-state index is 0.0150. The van der Waals surface area contributed by atoms with Crippen LogP contribution in [-0.2, 0) is 19.0 Å². The molecule has 0 aliphatic carbocycles. The van der Waals surface area contributed by atoms with Gasteiger partial charge in [0.15, 0.2) is 23.4 Å². The van der Waals surface area contributed by atoms with Crippen molar-refractivity contribution in [3.63, 3.8) is 0 Å². The van der Waals surface area contributed by atoms with Crippen LogP contribution in [0.1, 0.15) is 20.8 Å². The highest BCUT2D eigenvalue weighted by Gasteiger charge is 2.47. The van der Waals surface area contributed by atoms with Crippen molar-refractivity contribution in [2.75, 3.05) is 0 Å². The molecule has 3 aromatic rings. The van der Waals surface area contributed by atoms with E-state index in [4.69, 9.17) is 28.1 Å². The van der Waals surface area contributed by atoms with Crippen molar-refractivity contribution in [2.45, 2.75) is 82.2 Å². The molecular formula is C29H32O16. The van der Waals surface area contributed by atoms with Crippen LogP contribution in [0.25, 0.3) is 22.3 Å². The number of phenols is 3. The van der Waals surface area contributed by atoms with Crippen molar-refractivity contribution in [3.8, 4) is 40.1 Å². The molecule has 0 unspecified atom stereocenters. The first kappa shape index (κ1) is 32.2. The largest absolute Gasteiger partial charge is 0.507 e. The van der Waals surface area contributed by atoms with E-state index in [9.17, 15) is 50.4 Å². The molecule has 16 nitrogen and oxygen atoms in total. The van der Waals surface area contributed by atoms with Gasteiger partial charge in [0.05, 0.1) is 12.2 Å². The Morgan fingerprint density at radius 3 is 2.07 bits per heavy atom. The molecule has 8 N–H and O–H groups in total. The van der Waals surface area contributed by atoms with Gasteiger partial charge >= 0.3 is 5.97 Å². The van der Waals surface area contributed by atoms with Crippen LogP contribution in [0.2, 0.25) is 0 Å². The van der Waals surface area contributed by atoms with Gasteiger partial charge in [-0.3, -0.25) is 9.59 Å². The van der Waals surface area contributed by atoms with E-state index in [2.05, 4.69) is 0 Å². The molecule has 244 valence electrons. The van der Waals surface area contributed by atoms with Gasteiger partial charge in [-0.1, -0.05) is 0 Å². The predicted octanol–water partition coefficient (Wildman–Crippen LogP) is -0.440. The van der Waals surface area contributed by atoms with E-state index >= 15 is 0 Å². The van der Waals surface area contributed by atoms with E-state index in [1.807, 2.05) is 0 Å². The highest BCUT2D eigenvalue weighted by Crippen LogP contribution is 2.40. The second-order valence-corrected chi connectivity index (χ2v) is 10.8. The molecule has 2 fully saturated rings. The van der Waals surface area contributed by atoms with E-state index < -0.39 is 101 Å². The summed E-state index contributed by atoms with van der Waals surface area (Å²) in [4.78, 5) is 25.3. The molecule has 0 radical (unpaired) electrons. The van der Waals surface area contributed by atoms with Gasteiger partial charge in [0, 0.05) is 24.6 Å². The molecule has 2 aliphatic heterocycles. The number of phenolic OH excluding ortho intramolecular Hbond substituents is 3. The summed E-state index contributed by atoms with van der Waals surface area (Å²) in [5, 5.41) is 82.1. The lowest BCUT2D eigenvalue weighted by Gasteiger charge is -2.40. The lowest BCUT2D eigenvalue weighted by atomic mass is 9.99. The fourth-order valence-electron chi connectivity index (χ4n) is 5.11. The van der Waals surface area contributed by atoms with E-state index in [1.165, 1.54) is 19.9 Å². The highest BCUT2D eigenvalue weighted by molar-refractivity contribution is 5.88. The topological polar surface area (TPSA) is 255 Å². The summed E-state index contributed by atoms with van der Waals surface area (Å²) in [6.07, 6.45) is -14.6. The van der Waals surface area contributed by atoms with Gasteiger partial charge in [-0.25, -0.2) is 0 Å². The number of hydrogen-bond acceptors (Lipinski definition) is 16. The molecule has 0 spiro atoms. The monoisotopic (exact) mass is 636 g/mol. The summed E-state index contributed by atoms with van der Waals surface area (Å²) in [7, 11) is 0. The number of benzene rings is 2. The van der Waals surface area contributed by atoms with E-state index in [1.54, 1.807) is 0 Å². The Morgan fingerprint density at radius 2 is 1.40 bits per heavy atom.